The van der Waals surface area contributed by atoms with Gasteiger partial charge in [-0.2, -0.15) is 0 Å². The van der Waals surface area contributed by atoms with Gasteiger partial charge in [-0.1, -0.05) is 30.3 Å². The molecule has 0 saturated carbocycles. The van der Waals surface area contributed by atoms with Crippen LogP contribution in [0.4, 0.5) is 0 Å². The maximum Gasteiger partial charge on any atom is 0.347 e. The van der Waals surface area contributed by atoms with Crippen LogP contribution in [-0.4, -0.2) is 11.9 Å². The Hall–Kier alpha value is -2.62. The third kappa shape index (κ3) is 3.95. The topological polar surface area (TPSA) is 52.6 Å². The average Bonchev–Trinajstić information content (AvgIpc) is 2.47. The molecule has 4 heteroatoms. The highest BCUT2D eigenvalue weighted by Crippen LogP contribution is 2.24. The van der Waals surface area contributed by atoms with Crippen molar-refractivity contribution in [3.8, 4) is 11.5 Å². The molecule has 0 N–H and O–H groups in total. The summed E-state index contributed by atoms with van der Waals surface area (Å²) in [4.78, 5) is 24.2. The zero-order chi connectivity index (χ0) is 16.2. The summed E-state index contributed by atoms with van der Waals surface area (Å²) in [6, 6.07) is 15.3. The fourth-order valence-corrected chi connectivity index (χ4v) is 1.63. The van der Waals surface area contributed by atoms with Crippen LogP contribution in [0.3, 0.4) is 0 Å². The molecule has 0 radical (unpaired) electrons. The predicted octanol–water partition coefficient (Wildman–Crippen LogP) is 3.86. The van der Waals surface area contributed by atoms with Crippen molar-refractivity contribution in [1.29, 1.82) is 0 Å². The highest BCUT2D eigenvalue weighted by atomic mass is 16.6. The lowest BCUT2D eigenvalue weighted by Crippen LogP contribution is -2.26. The molecule has 0 heterocycles. The third-order valence-corrected chi connectivity index (χ3v) is 2.88. The molecular formula is C18H18O4. The number of rotatable bonds is 3. The molecule has 0 bridgehead atoms. The van der Waals surface area contributed by atoms with E-state index in [0.717, 1.165) is 0 Å². The second-order valence-corrected chi connectivity index (χ2v) is 5.84. The number of hydrogen-bond acceptors (Lipinski definition) is 4. The van der Waals surface area contributed by atoms with Crippen molar-refractivity contribution in [1.82, 2.24) is 0 Å². The Labute approximate surface area is 129 Å². The maximum atomic E-state index is 12.3. The molecule has 0 amide bonds. The summed E-state index contributed by atoms with van der Waals surface area (Å²) in [6.45, 7) is 5.25. The van der Waals surface area contributed by atoms with E-state index in [1.165, 1.54) is 0 Å². The van der Waals surface area contributed by atoms with E-state index in [4.69, 9.17) is 9.47 Å². The highest BCUT2D eigenvalue weighted by Gasteiger charge is 2.25. The molecule has 2 aromatic rings. The molecule has 4 nitrogen and oxygen atoms in total. The lowest BCUT2D eigenvalue weighted by atomic mass is 9.97. The van der Waals surface area contributed by atoms with Gasteiger partial charge in [0.2, 0.25) is 0 Å². The first-order chi connectivity index (χ1) is 10.4. The van der Waals surface area contributed by atoms with Crippen molar-refractivity contribution in [2.45, 2.75) is 20.8 Å². The Bertz CT molecular complexity index is 669. The van der Waals surface area contributed by atoms with Gasteiger partial charge in [0, 0.05) is 0 Å². The largest absolute Gasteiger partial charge is 0.425 e. The van der Waals surface area contributed by atoms with Gasteiger partial charge in [-0.15, -0.1) is 0 Å². The fraction of sp³-hybridized carbons (Fsp3) is 0.222. The standard InChI is InChI=1S/C18H18O4/c1-18(2,3)17(20)22-15-12-8-7-11-14(15)16(19)21-13-9-5-4-6-10-13/h4-12H,1-3H3. The number of benzene rings is 2. The molecule has 0 saturated heterocycles. The van der Waals surface area contributed by atoms with Gasteiger partial charge >= 0.3 is 11.9 Å². The van der Waals surface area contributed by atoms with E-state index in [-0.39, 0.29) is 11.3 Å². The van der Waals surface area contributed by atoms with E-state index in [0.29, 0.717) is 5.75 Å². The van der Waals surface area contributed by atoms with Crippen LogP contribution < -0.4 is 9.47 Å². The Morgan fingerprint density at radius 1 is 0.818 bits per heavy atom. The van der Waals surface area contributed by atoms with Crippen LogP contribution in [0.15, 0.2) is 54.6 Å². The van der Waals surface area contributed by atoms with Gasteiger partial charge in [-0.05, 0) is 45.0 Å². The van der Waals surface area contributed by atoms with Gasteiger partial charge < -0.3 is 9.47 Å². The summed E-state index contributed by atoms with van der Waals surface area (Å²) >= 11 is 0. The molecule has 114 valence electrons. The monoisotopic (exact) mass is 298 g/mol. The molecule has 0 aliphatic heterocycles. The number of hydrogen-bond donors (Lipinski definition) is 0. The number of esters is 2. The Balaban J connectivity index is 2.21. The van der Waals surface area contributed by atoms with E-state index in [1.54, 1.807) is 69.3 Å². The van der Waals surface area contributed by atoms with Gasteiger partial charge in [0.05, 0.1) is 5.41 Å². The number of para-hydroxylation sites is 2. The van der Waals surface area contributed by atoms with Crippen molar-refractivity contribution in [3.63, 3.8) is 0 Å². The fourth-order valence-electron chi connectivity index (χ4n) is 1.63. The van der Waals surface area contributed by atoms with Gasteiger partial charge in [0.1, 0.15) is 17.1 Å². The smallest absolute Gasteiger partial charge is 0.347 e. The van der Waals surface area contributed by atoms with Crippen molar-refractivity contribution in [3.05, 3.63) is 60.2 Å². The van der Waals surface area contributed by atoms with E-state index in [9.17, 15) is 9.59 Å². The summed E-state index contributed by atoms with van der Waals surface area (Å²) in [5.41, 5.74) is -0.444. The van der Waals surface area contributed by atoms with Gasteiger partial charge in [-0.25, -0.2) is 4.79 Å². The van der Waals surface area contributed by atoms with Crippen LogP contribution in [0, 0.1) is 5.41 Å². The molecule has 0 aliphatic rings. The quantitative estimate of drug-likeness (QED) is 0.638. The van der Waals surface area contributed by atoms with Crippen molar-refractivity contribution >= 4 is 11.9 Å². The van der Waals surface area contributed by atoms with Crippen molar-refractivity contribution < 1.29 is 19.1 Å². The SMILES string of the molecule is CC(C)(C)C(=O)Oc1ccccc1C(=O)Oc1ccccc1. The molecule has 0 spiro atoms. The molecular weight excluding hydrogens is 280 g/mol. The lowest BCUT2D eigenvalue weighted by Gasteiger charge is -2.17. The van der Waals surface area contributed by atoms with Crippen molar-refractivity contribution in [2.24, 2.45) is 5.41 Å². The number of carbonyl (C=O) groups is 2. The van der Waals surface area contributed by atoms with E-state index < -0.39 is 17.4 Å². The maximum absolute atomic E-state index is 12.3. The summed E-state index contributed by atoms with van der Waals surface area (Å²) < 4.78 is 10.6. The predicted molar refractivity (Wildman–Crippen MR) is 82.9 cm³/mol. The van der Waals surface area contributed by atoms with E-state index in [1.807, 2.05) is 6.07 Å². The number of ether oxygens (including phenoxy) is 2. The lowest BCUT2D eigenvalue weighted by molar-refractivity contribution is -0.143. The van der Waals surface area contributed by atoms with Crippen LogP contribution in [0.25, 0.3) is 0 Å². The summed E-state index contributed by atoms with van der Waals surface area (Å²) in [5, 5.41) is 0. The summed E-state index contributed by atoms with van der Waals surface area (Å²) in [7, 11) is 0. The van der Waals surface area contributed by atoms with E-state index >= 15 is 0 Å². The average molecular weight is 298 g/mol. The van der Waals surface area contributed by atoms with Gasteiger partial charge in [0.15, 0.2) is 0 Å². The first-order valence-corrected chi connectivity index (χ1v) is 6.96. The summed E-state index contributed by atoms with van der Waals surface area (Å²) in [6.07, 6.45) is 0. The first kappa shape index (κ1) is 15.8. The molecule has 0 atom stereocenters. The first-order valence-electron chi connectivity index (χ1n) is 6.96. The minimum absolute atomic E-state index is 0.198. The minimum Gasteiger partial charge on any atom is -0.425 e. The zero-order valence-electron chi connectivity index (χ0n) is 12.8. The van der Waals surface area contributed by atoms with Crippen LogP contribution in [0.5, 0.6) is 11.5 Å². The van der Waals surface area contributed by atoms with Gasteiger partial charge in [-0.3, -0.25) is 4.79 Å². The molecule has 0 fully saturated rings. The van der Waals surface area contributed by atoms with Crippen LogP contribution in [0.1, 0.15) is 31.1 Å². The Morgan fingerprint density at radius 3 is 2.05 bits per heavy atom. The number of carbonyl (C=O) groups excluding carboxylic acids is 2. The highest BCUT2D eigenvalue weighted by molar-refractivity contribution is 5.95. The zero-order valence-corrected chi connectivity index (χ0v) is 12.8. The van der Waals surface area contributed by atoms with E-state index in [2.05, 4.69) is 0 Å². The Morgan fingerprint density at radius 2 is 1.41 bits per heavy atom. The molecule has 2 aromatic carbocycles. The van der Waals surface area contributed by atoms with Crippen LogP contribution in [0.2, 0.25) is 0 Å². The molecule has 0 unspecified atom stereocenters. The molecule has 22 heavy (non-hydrogen) atoms. The summed E-state index contributed by atoms with van der Waals surface area (Å²) in [5.74, 6) is -0.344. The normalized spacial score (nSPS) is 10.9. The van der Waals surface area contributed by atoms with Crippen LogP contribution >= 0.6 is 0 Å². The molecule has 2 rings (SSSR count). The van der Waals surface area contributed by atoms with Crippen molar-refractivity contribution in [2.75, 3.05) is 0 Å². The molecule has 0 aliphatic carbocycles. The second-order valence-electron chi connectivity index (χ2n) is 5.84. The minimum atomic E-state index is -0.656. The van der Waals surface area contributed by atoms with Crippen LogP contribution in [-0.2, 0) is 4.79 Å². The Kier molecular flexibility index (Phi) is 4.61. The molecule has 0 aromatic heterocycles. The third-order valence-electron chi connectivity index (χ3n) is 2.88. The van der Waals surface area contributed by atoms with Gasteiger partial charge in [0.25, 0.3) is 0 Å². The second kappa shape index (κ2) is 6.43.